The Labute approximate surface area is 207 Å². The summed E-state index contributed by atoms with van der Waals surface area (Å²) in [4.78, 5) is 13.0. The first-order valence-corrected chi connectivity index (χ1v) is 11.4. The fraction of sp³-hybridized carbons (Fsp3) is 0.333. The molecule has 36 heavy (non-hydrogen) atoms. The molecule has 1 aromatic heterocycles. The summed E-state index contributed by atoms with van der Waals surface area (Å²) < 4.78 is 45.6. The molecule has 2 aromatic carbocycles. The molecule has 1 unspecified atom stereocenters. The lowest BCUT2D eigenvalue weighted by atomic mass is 9.94. The first-order chi connectivity index (χ1) is 17.1. The number of nitrogens with zero attached hydrogens (tertiary/aromatic N) is 4. The molecule has 3 aromatic rings. The van der Waals surface area contributed by atoms with Crippen LogP contribution in [0.5, 0.6) is 5.75 Å². The molecule has 0 spiro atoms. The van der Waals surface area contributed by atoms with Gasteiger partial charge in [0.1, 0.15) is 22.8 Å². The molecule has 0 bridgehead atoms. The molecule has 0 amide bonds. The Hall–Kier alpha value is -3.77. The fourth-order valence-corrected chi connectivity index (χ4v) is 4.27. The number of hydrogen-bond donors (Lipinski definition) is 1. The molecule has 186 valence electrons. The first kappa shape index (κ1) is 25.3. The van der Waals surface area contributed by atoms with Crippen molar-refractivity contribution in [3.63, 3.8) is 0 Å². The summed E-state index contributed by atoms with van der Waals surface area (Å²) in [5.41, 5.74) is 1.57. The predicted molar refractivity (Wildman–Crippen MR) is 129 cm³/mol. The van der Waals surface area contributed by atoms with Gasteiger partial charge in [-0.05, 0) is 63.3 Å². The van der Waals surface area contributed by atoms with Crippen LogP contribution in [0.15, 0.2) is 53.8 Å². The van der Waals surface area contributed by atoms with Crippen LogP contribution in [0.4, 0.5) is 18.9 Å². The molecule has 2 atom stereocenters. The van der Waals surface area contributed by atoms with Crippen LogP contribution in [-0.4, -0.2) is 33.5 Å². The Morgan fingerprint density at radius 3 is 2.53 bits per heavy atom. The van der Waals surface area contributed by atoms with E-state index in [-0.39, 0.29) is 11.7 Å². The van der Waals surface area contributed by atoms with Gasteiger partial charge in [0, 0.05) is 34.8 Å². The average molecular weight is 495 g/mol. The van der Waals surface area contributed by atoms with Crippen molar-refractivity contribution < 1.29 is 23.0 Å². The van der Waals surface area contributed by atoms with Crippen molar-refractivity contribution >= 4 is 11.4 Å². The van der Waals surface area contributed by atoms with E-state index in [1.807, 2.05) is 0 Å². The molecule has 4 rings (SSSR count). The maximum Gasteiger partial charge on any atom is 0.387 e. The Morgan fingerprint density at radius 1 is 1.17 bits per heavy atom. The average Bonchev–Trinajstić information content (AvgIpc) is 3.22. The largest absolute Gasteiger partial charge is 0.435 e. The second-order valence-corrected chi connectivity index (χ2v) is 9.28. The summed E-state index contributed by atoms with van der Waals surface area (Å²) in [6.07, 6.45) is 2.70. The number of halogens is 3. The number of rotatable bonds is 6. The van der Waals surface area contributed by atoms with Crippen molar-refractivity contribution in [3.8, 4) is 22.9 Å². The van der Waals surface area contributed by atoms with E-state index in [1.165, 1.54) is 18.5 Å². The third-order valence-corrected chi connectivity index (χ3v) is 6.35. The molecule has 1 saturated carbocycles. The Morgan fingerprint density at radius 2 is 1.86 bits per heavy atom. The second-order valence-electron chi connectivity index (χ2n) is 9.28. The maximum atomic E-state index is 15.3. The zero-order valence-electron chi connectivity index (χ0n) is 20.0. The number of aliphatic imine (C=N–C) groups is 1. The van der Waals surface area contributed by atoms with Gasteiger partial charge in [0.15, 0.2) is 0 Å². The van der Waals surface area contributed by atoms with Gasteiger partial charge in [-0.1, -0.05) is 18.2 Å². The first-order valence-electron chi connectivity index (χ1n) is 11.4. The number of aliphatic hydroxyl groups excluding tert-OH is 1. The van der Waals surface area contributed by atoms with Crippen LogP contribution in [0.25, 0.3) is 11.1 Å². The lowest BCUT2D eigenvalue weighted by molar-refractivity contribution is -0.0506. The van der Waals surface area contributed by atoms with Crippen molar-refractivity contribution in [3.05, 3.63) is 71.6 Å². The summed E-state index contributed by atoms with van der Waals surface area (Å²) in [7, 11) is 0. The number of hydrogen-bond acceptors (Lipinski definition) is 6. The molecule has 1 aliphatic rings. The molecule has 1 fully saturated rings. The zero-order valence-corrected chi connectivity index (χ0v) is 20.0. The number of para-hydroxylation sites is 1. The van der Waals surface area contributed by atoms with Crippen LogP contribution < -0.4 is 4.74 Å². The third-order valence-electron chi connectivity index (χ3n) is 6.35. The van der Waals surface area contributed by atoms with Crippen LogP contribution in [0.2, 0.25) is 0 Å². The number of nitriles is 1. The highest BCUT2D eigenvalue weighted by atomic mass is 19.3. The Balaban J connectivity index is 1.59. The molecule has 1 N–H and O–H groups in total. The highest BCUT2D eigenvalue weighted by Gasteiger charge is 2.32. The van der Waals surface area contributed by atoms with Gasteiger partial charge in [-0.25, -0.2) is 14.4 Å². The summed E-state index contributed by atoms with van der Waals surface area (Å²) in [5, 5.41) is 19.9. The molecule has 0 aliphatic heterocycles. The van der Waals surface area contributed by atoms with Gasteiger partial charge in [-0.15, -0.1) is 0 Å². The number of aliphatic hydroxyl groups is 1. The van der Waals surface area contributed by atoms with E-state index in [2.05, 4.69) is 25.8 Å². The number of benzene rings is 2. The highest BCUT2D eigenvalue weighted by Crippen LogP contribution is 2.40. The minimum Gasteiger partial charge on any atom is -0.435 e. The van der Waals surface area contributed by atoms with Gasteiger partial charge in [0.2, 0.25) is 0 Å². The molecule has 1 aliphatic carbocycles. The van der Waals surface area contributed by atoms with Gasteiger partial charge in [0.25, 0.3) is 0 Å². The topological polar surface area (TPSA) is 91.4 Å². The summed E-state index contributed by atoms with van der Waals surface area (Å²) >= 11 is 0. The van der Waals surface area contributed by atoms with Crippen molar-refractivity contribution in [1.82, 2.24) is 9.97 Å². The molecule has 1 heterocycles. The van der Waals surface area contributed by atoms with E-state index in [9.17, 15) is 19.1 Å². The van der Waals surface area contributed by atoms with E-state index in [4.69, 9.17) is 0 Å². The maximum absolute atomic E-state index is 15.3. The monoisotopic (exact) mass is 494 g/mol. The van der Waals surface area contributed by atoms with E-state index in [1.54, 1.807) is 51.1 Å². The van der Waals surface area contributed by atoms with E-state index < -0.39 is 23.9 Å². The minimum absolute atomic E-state index is 0.0731. The quantitative estimate of drug-likeness (QED) is 0.454. The van der Waals surface area contributed by atoms with E-state index in [0.717, 1.165) is 0 Å². The molecule has 6 nitrogen and oxygen atoms in total. The molecular formula is C27H25F3N4O2. The number of aromatic nitrogens is 2. The van der Waals surface area contributed by atoms with Crippen LogP contribution in [-0.2, 0) is 5.41 Å². The Bertz CT molecular complexity index is 1330. The van der Waals surface area contributed by atoms with E-state index >= 15 is 4.39 Å². The lowest BCUT2D eigenvalue weighted by Crippen LogP contribution is -2.17. The highest BCUT2D eigenvalue weighted by molar-refractivity contribution is 5.94. The van der Waals surface area contributed by atoms with Gasteiger partial charge < -0.3 is 9.84 Å². The van der Waals surface area contributed by atoms with Crippen molar-refractivity contribution in [2.45, 2.75) is 57.7 Å². The second kappa shape index (κ2) is 10.1. The summed E-state index contributed by atoms with van der Waals surface area (Å²) in [6.45, 7) is 2.05. The van der Waals surface area contributed by atoms with Crippen LogP contribution in [0, 0.1) is 24.1 Å². The standard InChI is InChI=1S/C27H25F3N4O2/c1-15-20(9-8-19(24(15)28)17-12-32-25(33-13-17)27(2,3)14-31)34-21-10-16(11-22(21)35)18-6-4-5-7-23(18)36-26(29)30/h4-9,12-13,16,22,26,35H,10-11H2,1-3H3/t16-,22?/m1/s1. The van der Waals surface area contributed by atoms with Crippen LogP contribution >= 0.6 is 0 Å². The fourth-order valence-electron chi connectivity index (χ4n) is 4.27. The third kappa shape index (κ3) is 5.09. The van der Waals surface area contributed by atoms with Crippen LogP contribution in [0.1, 0.15) is 49.6 Å². The molecular weight excluding hydrogens is 469 g/mol. The van der Waals surface area contributed by atoms with Gasteiger partial charge >= 0.3 is 6.61 Å². The summed E-state index contributed by atoms with van der Waals surface area (Å²) in [6, 6.07) is 11.9. The number of ether oxygens (including phenoxy) is 1. The normalized spacial score (nSPS) is 19.0. The molecule has 0 saturated heterocycles. The zero-order chi connectivity index (χ0) is 26.0. The molecule has 9 heteroatoms. The van der Waals surface area contributed by atoms with Crippen LogP contribution in [0.3, 0.4) is 0 Å². The minimum atomic E-state index is -2.95. The van der Waals surface area contributed by atoms with Gasteiger partial charge in [-0.3, -0.25) is 4.99 Å². The van der Waals surface area contributed by atoms with Gasteiger partial charge in [0.05, 0.1) is 17.9 Å². The van der Waals surface area contributed by atoms with Crippen molar-refractivity contribution in [1.29, 1.82) is 5.26 Å². The lowest BCUT2D eigenvalue weighted by Gasteiger charge is -2.15. The van der Waals surface area contributed by atoms with Crippen molar-refractivity contribution in [2.24, 2.45) is 4.99 Å². The Kier molecular flexibility index (Phi) is 7.09. The predicted octanol–water partition coefficient (Wildman–Crippen LogP) is 6.00. The van der Waals surface area contributed by atoms with Gasteiger partial charge in [-0.2, -0.15) is 14.0 Å². The van der Waals surface area contributed by atoms with Crippen molar-refractivity contribution in [2.75, 3.05) is 0 Å². The SMILES string of the molecule is Cc1c(N=C2C[C@@H](c3ccccc3OC(F)F)CC2O)ccc(-c2cnc(C(C)(C)C#N)nc2)c1F. The van der Waals surface area contributed by atoms with E-state index in [0.29, 0.717) is 52.3 Å². The summed E-state index contributed by atoms with van der Waals surface area (Å²) in [5.74, 6) is -0.331. The number of alkyl halides is 2. The smallest absolute Gasteiger partial charge is 0.387 e. The molecule has 0 radical (unpaired) electrons.